The first-order valence-electron chi connectivity index (χ1n) is 14.4. The summed E-state index contributed by atoms with van der Waals surface area (Å²) in [4.78, 5) is 39.0. The van der Waals surface area contributed by atoms with Crippen LogP contribution in [0, 0.1) is 5.82 Å². The molecule has 10 nitrogen and oxygen atoms in total. The number of amides is 3. The number of nitrogens with one attached hydrogen (secondary N) is 3. The Balaban J connectivity index is 1.18. The maximum atomic E-state index is 15.3. The zero-order chi connectivity index (χ0) is 29.4. The Bertz CT molecular complexity index is 1610. The number of carbonyl (C=O) groups excluding carboxylic acids is 2. The lowest BCUT2D eigenvalue weighted by Crippen LogP contribution is -2.52. The Morgan fingerprint density at radius 3 is 2.81 bits per heavy atom. The van der Waals surface area contributed by atoms with E-state index in [2.05, 4.69) is 37.7 Å². The van der Waals surface area contributed by atoms with E-state index in [4.69, 9.17) is 0 Å². The van der Waals surface area contributed by atoms with Crippen LogP contribution in [0.1, 0.15) is 58.5 Å². The van der Waals surface area contributed by atoms with Crippen molar-refractivity contribution in [1.29, 1.82) is 0 Å². The van der Waals surface area contributed by atoms with Crippen LogP contribution in [0.25, 0.3) is 22.2 Å². The quantitative estimate of drug-likeness (QED) is 0.292. The Labute approximate surface area is 247 Å². The minimum Gasteiger partial charge on any atom is -0.364 e. The van der Waals surface area contributed by atoms with Gasteiger partial charge in [0.25, 0.3) is 5.91 Å². The van der Waals surface area contributed by atoms with Crippen LogP contribution in [0.5, 0.6) is 0 Å². The Kier molecular flexibility index (Phi) is 7.80. The molecule has 6 rings (SSSR count). The first kappa shape index (κ1) is 28.1. The van der Waals surface area contributed by atoms with E-state index in [0.29, 0.717) is 34.1 Å². The van der Waals surface area contributed by atoms with Crippen molar-refractivity contribution >= 4 is 40.1 Å². The number of aromatic nitrogens is 4. The fourth-order valence-electron chi connectivity index (χ4n) is 5.80. The summed E-state index contributed by atoms with van der Waals surface area (Å²) in [6.07, 6.45) is 7.55. The Morgan fingerprint density at radius 2 is 2.02 bits per heavy atom. The minimum atomic E-state index is -0.409. The molecule has 1 aromatic carbocycles. The number of pyridine rings is 1. The molecule has 12 heteroatoms. The van der Waals surface area contributed by atoms with Gasteiger partial charge in [-0.15, -0.1) is 11.3 Å². The third-order valence-electron chi connectivity index (χ3n) is 8.16. The van der Waals surface area contributed by atoms with Crippen LogP contribution in [0.4, 0.5) is 15.0 Å². The molecule has 42 heavy (non-hydrogen) atoms. The first-order valence-corrected chi connectivity index (χ1v) is 15.2. The average Bonchev–Trinajstić information content (AvgIpc) is 3.61. The molecule has 220 valence electrons. The van der Waals surface area contributed by atoms with Crippen LogP contribution in [0.15, 0.2) is 30.5 Å². The lowest BCUT2D eigenvalue weighted by atomic mass is 9.98. The second kappa shape index (κ2) is 11.7. The number of fused-ring (bicyclic) bond motifs is 2. The van der Waals surface area contributed by atoms with Gasteiger partial charge in [0.05, 0.1) is 11.1 Å². The largest absolute Gasteiger partial charge is 0.364 e. The number of urea groups is 1. The smallest absolute Gasteiger partial charge is 0.319 e. The lowest BCUT2D eigenvalue weighted by molar-refractivity contribution is 0.0950. The number of hydrogen-bond acceptors (Lipinski definition) is 7. The second-order valence-electron chi connectivity index (χ2n) is 11.3. The Morgan fingerprint density at radius 1 is 1.19 bits per heavy atom. The van der Waals surface area contributed by atoms with E-state index >= 15 is 4.39 Å². The summed E-state index contributed by atoms with van der Waals surface area (Å²) in [5.41, 5.74) is 3.47. The summed E-state index contributed by atoms with van der Waals surface area (Å²) in [7, 11) is 3.52. The van der Waals surface area contributed by atoms with E-state index in [1.54, 1.807) is 31.3 Å². The zero-order valence-corrected chi connectivity index (χ0v) is 24.9. The van der Waals surface area contributed by atoms with E-state index in [0.717, 1.165) is 55.2 Å². The number of rotatable bonds is 6. The summed E-state index contributed by atoms with van der Waals surface area (Å²) in [6.45, 7) is 2.70. The number of H-pyrrole nitrogens is 1. The van der Waals surface area contributed by atoms with Gasteiger partial charge in [-0.1, -0.05) is 12.1 Å². The maximum Gasteiger partial charge on any atom is 0.319 e. The average molecular weight is 591 g/mol. The van der Waals surface area contributed by atoms with Crippen molar-refractivity contribution in [2.24, 2.45) is 0 Å². The van der Waals surface area contributed by atoms with E-state index in [1.165, 1.54) is 22.3 Å². The number of nitrogens with zero attached hydrogens (tertiary/aromatic N) is 5. The van der Waals surface area contributed by atoms with Gasteiger partial charge in [0.15, 0.2) is 16.5 Å². The summed E-state index contributed by atoms with van der Waals surface area (Å²) in [5, 5.41) is 15.0. The molecule has 1 fully saturated rings. The van der Waals surface area contributed by atoms with Crippen molar-refractivity contribution in [1.82, 2.24) is 35.3 Å². The molecule has 1 saturated heterocycles. The molecule has 3 N–H and O–H groups in total. The number of aryl methyl sites for hydroxylation is 2. The van der Waals surface area contributed by atoms with Crippen LogP contribution in [0.3, 0.4) is 0 Å². The normalized spacial score (nSPS) is 18.5. The number of likely N-dealkylation sites (tertiary alicyclic amines) is 1. The van der Waals surface area contributed by atoms with Gasteiger partial charge in [0.1, 0.15) is 5.82 Å². The highest BCUT2D eigenvalue weighted by Gasteiger charge is 2.31. The minimum absolute atomic E-state index is 0.00997. The molecule has 0 saturated carbocycles. The molecule has 0 unspecified atom stereocenters. The molecule has 3 aromatic heterocycles. The summed E-state index contributed by atoms with van der Waals surface area (Å²) in [6, 6.07) is 7.02. The third kappa shape index (κ3) is 5.55. The molecule has 1 aliphatic heterocycles. The van der Waals surface area contributed by atoms with Gasteiger partial charge in [-0.25, -0.2) is 19.2 Å². The second-order valence-corrected chi connectivity index (χ2v) is 12.4. The topological polar surface area (TPSA) is 119 Å². The zero-order valence-electron chi connectivity index (χ0n) is 24.0. The van der Waals surface area contributed by atoms with Gasteiger partial charge in [-0.3, -0.25) is 9.89 Å². The number of hydrogen-bond donors (Lipinski definition) is 3. The van der Waals surface area contributed by atoms with Crippen LogP contribution in [-0.4, -0.2) is 74.6 Å². The molecule has 1 aliphatic carbocycles. The van der Waals surface area contributed by atoms with Gasteiger partial charge < -0.3 is 20.4 Å². The van der Waals surface area contributed by atoms with Gasteiger partial charge in [-0.2, -0.15) is 5.10 Å². The van der Waals surface area contributed by atoms with Crippen molar-refractivity contribution in [2.45, 2.75) is 64.1 Å². The molecular weight excluding hydrogens is 555 g/mol. The van der Waals surface area contributed by atoms with E-state index in [9.17, 15) is 9.59 Å². The molecule has 4 aromatic rings. The van der Waals surface area contributed by atoms with Gasteiger partial charge in [-0.05, 0) is 68.7 Å². The molecule has 3 amide bonds. The van der Waals surface area contributed by atoms with E-state index < -0.39 is 5.82 Å². The number of carbonyl (C=O) groups is 2. The van der Waals surface area contributed by atoms with Gasteiger partial charge in [0, 0.05) is 55.9 Å². The summed E-state index contributed by atoms with van der Waals surface area (Å²) >= 11 is 1.44. The number of halogens is 1. The standard InChI is InChI=1S/C30H35FN8O2S/c1-17-8-11-20(16-39(17)30(41)38(2)3)34-27-25-21(12-13-32-26(25)36-37-27)18-9-10-19(22(31)14-18)15-33-28(40)29-35-23-6-4-5-7-24(23)42-29/h9-10,12-14,17,20H,4-8,11,15-16H2,1-3H3,(H,33,40)(H2,32,34,36,37)/t17-,20+/m0/s1. The molecule has 0 bridgehead atoms. The van der Waals surface area contributed by atoms with Gasteiger partial charge in [0.2, 0.25) is 0 Å². The lowest BCUT2D eigenvalue weighted by Gasteiger charge is -2.39. The fraction of sp³-hybridized carbons (Fsp3) is 0.433. The van der Waals surface area contributed by atoms with Gasteiger partial charge >= 0.3 is 6.03 Å². The van der Waals surface area contributed by atoms with Crippen molar-refractivity contribution in [3.8, 4) is 11.1 Å². The predicted molar refractivity (Wildman–Crippen MR) is 161 cm³/mol. The molecule has 2 atom stereocenters. The van der Waals surface area contributed by atoms with Crippen LogP contribution < -0.4 is 10.6 Å². The monoisotopic (exact) mass is 590 g/mol. The first-order chi connectivity index (χ1) is 20.3. The fourth-order valence-corrected chi connectivity index (χ4v) is 6.86. The number of anilines is 1. The highest BCUT2D eigenvalue weighted by molar-refractivity contribution is 7.13. The number of aromatic amines is 1. The maximum absolute atomic E-state index is 15.3. The summed E-state index contributed by atoms with van der Waals surface area (Å²) < 4.78 is 15.3. The predicted octanol–water partition coefficient (Wildman–Crippen LogP) is 4.98. The third-order valence-corrected chi connectivity index (χ3v) is 9.31. The van der Waals surface area contributed by atoms with Crippen LogP contribution in [-0.2, 0) is 19.4 Å². The van der Waals surface area contributed by atoms with Crippen LogP contribution in [0.2, 0.25) is 0 Å². The molecule has 4 heterocycles. The molecule has 0 radical (unpaired) electrons. The summed E-state index contributed by atoms with van der Waals surface area (Å²) in [5.74, 6) is -0.0631. The van der Waals surface area contributed by atoms with E-state index in [-0.39, 0.29) is 30.6 Å². The number of benzene rings is 1. The number of piperidine rings is 1. The highest BCUT2D eigenvalue weighted by Crippen LogP contribution is 2.34. The Hall–Kier alpha value is -4.06. The molecule has 2 aliphatic rings. The highest BCUT2D eigenvalue weighted by atomic mass is 32.1. The van der Waals surface area contributed by atoms with Crippen molar-refractivity contribution in [2.75, 3.05) is 26.0 Å². The van der Waals surface area contributed by atoms with Crippen molar-refractivity contribution in [3.63, 3.8) is 0 Å². The number of thiazole rings is 1. The SMILES string of the molecule is C[C@H]1CC[C@@H](Nc2n[nH]c3nccc(-c4ccc(CNC(=O)c5nc6c(s5)CCCC6)c(F)c4)c23)CN1C(=O)N(C)C. The van der Waals surface area contributed by atoms with Crippen molar-refractivity contribution in [3.05, 3.63) is 57.4 Å². The van der Waals surface area contributed by atoms with Crippen LogP contribution >= 0.6 is 11.3 Å². The van der Waals surface area contributed by atoms with Crippen molar-refractivity contribution < 1.29 is 14.0 Å². The molecule has 0 spiro atoms. The molecular formula is C30H35FN8O2S. The van der Waals surface area contributed by atoms with E-state index in [1.807, 2.05) is 17.0 Å².